The number of hydrogen-bond acceptors (Lipinski definition) is 4. The summed E-state index contributed by atoms with van der Waals surface area (Å²) in [4.78, 5) is 21.8. The molecule has 0 saturated carbocycles. The molecule has 0 aromatic rings. The SMILES string of the molecule is CC(C)(C)OOC1(OOC(C)(C)C)C=CCCC1. The Balaban J connectivity index is 2.64. The predicted octanol–water partition coefficient (Wildman–Crippen LogP) is 3.92. The van der Waals surface area contributed by atoms with Crippen LogP contribution in [0.5, 0.6) is 0 Å². The zero-order chi connectivity index (χ0) is 13.9. The summed E-state index contributed by atoms with van der Waals surface area (Å²) >= 11 is 0. The maximum Gasteiger partial charge on any atom is 0.252 e. The van der Waals surface area contributed by atoms with Crippen molar-refractivity contribution >= 4 is 0 Å². The second-order valence-corrected chi connectivity index (χ2v) is 6.66. The van der Waals surface area contributed by atoms with Gasteiger partial charge in [0, 0.05) is 6.42 Å². The molecular weight excluding hydrogens is 232 g/mol. The highest BCUT2D eigenvalue weighted by atomic mass is 17.3. The van der Waals surface area contributed by atoms with Crippen molar-refractivity contribution in [3.63, 3.8) is 0 Å². The van der Waals surface area contributed by atoms with Gasteiger partial charge in [-0.2, -0.15) is 9.78 Å². The highest BCUT2D eigenvalue weighted by molar-refractivity contribution is 4.99. The van der Waals surface area contributed by atoms with Crippen LogP contribution in [0.25, 0.3) is 0 Å². The highest BCUT2D eigenvalue weighted by Crippen LogP contribution is 2.31. The average Bonchev–Trinajstić information content (AvgIpc) is 2.24. The fourth-order valence-corrected chi connectivity index (χ4v) is 1.36. The van der Waals surface area contributed by atoms with Crippen molar-refractivity contribution in [2.24, 2.45) is 0 Å². The minimum Gasteiger partial charge on any atom is -0.228 e. The Morgan fingerprint density at radius 2 is 1.39 bits per heavy atom. The van der Waals surface area contributed by atoms with Crippen molar-refractivity contribution in [1.82, 2.24) is 0 Å². The van der Waals surface area contributed by atoms with E-state index in [0.717, 1.165) is 19.3 Å². The van der Waals surface area contributed by atoms with E-state index < -0.39 is 5.79 Å². The molecule has 4 nitrogen and oxygen atoms in total. The van der Waals surface area contributed by atoms with Crippen molar-refractivity contribution in [2.75, 3.05) is 0 Å². The summed E-state index contributed by atoms with van der Waals surface area (Å²) in [5.41, 5.74) is -0.771. The molecule has 0 unspecified atom stereocenters. The van der Waals surface area contributed by atoms with Gasteiger partial charge >= 0.3 is 0 Å². The Morgan fingerprint density at radius 1 is 0.889 bits per heavy atom. The largest absolute Gasteiger partial charge is 0.252 e. The molecule has 1 aliphatic rings. The van der Waals surface area contributed by atoms with Crippen LogP contribution in [0, 0.1) is 0 Å². The molecule has 1 aliphatic carbocycles. The number of allylic oxidation sites excluding steroid dienone is 1. The third-order valence-corrected chi connectivity index (χ3v) is 2.13. The molecule has 0 atom stereocenters. The molecule has 0 aromatic carbocycles. The molecule has 0 aliphatic heterocycles. The second-order valence-electron chi connectivity index (χ2n) is 6.66. The summed E-state index contributed by atoms with van der Waals surface area (Å²) in [5, 5.41) is 0. The molecule has 0 heterocycles. The first kappa shape index (κ1) is 15.6. The maximum atomic E-state index is 5.50. The van der Waals surface area contributed by atoms with Gasteiger partial charge in [-0.3, -0.25) is 0 Å². The van der Waals surface area contributed by atoms with E-state index in [4.69, 9.17) is 19.6 Å². The van der Waals surface area contributed by atoms with Crippen molar-refractivity contribution < 1.29 is 19.6 Å². The first-order chi connectivity index (χ1) is 8.12. The first-order valence-electron chi connectivity index (χ1n) is 6.53. The summed E-state index contributed by atoms with van der Waals surface area (Å²) in [6, 6.07) is 0. The lowest BCUT2D eigenvalue weighted by Crippen LogP contribution is -2.40. The van der Waals surface area contributed by atoms with Crippen molar-refractivity contribution in [3.05, 3.63) is 12.2 Å². The Kier molecular flexibility index (Phi) is 4.95. The molecule has 106 valence electrons. The summed E-state index contributed by atoms with van der Waals surface area (Å²) in [6.45, 7) is 11.6. The van der Waals surface area contributed by atoms with Gasteiger partial charge in [0.1, 0.15) is 0 Å². The summed E-state index contributed by atoms with van der Waals surface area (Å²) in [5.74, 6) is -0.932. The van der Waals surface area contributed by atoms with Crippen LogP contribution in [0.4, 0.5) is 0 Å². The normalized spacial score (nSPS) is 20.1. The quantitative estimate of drug-likeness (QED) is 0.331. The topological polar surface area (TPSA) is 36.9 Å². The molecule has 4 heteroatoms. The average molecular weight is 258 g/mol. The molecule has 0 spiro atoms. The third-order valence-electron chi connectivity index (χ3n) is 2.13. The van der Waals surface area contributed by atoms with E-state index >= 15 is 0 Å². The van der Waals surface area contributed by atoms with Gasteiger partial charge in [0.25, 0.3) is 5.79 Å². The smallest absolute Gasteiger partial charge is 0.228 e. The van der Waals surface area contributed by atoms with E-state index in [9.17, 15) is 0 Å². The maximum absolute atomic E-state index is 5.50. The molecule has 0 bridgehead atoms. The predicted molar refractivity (Wildman–Crippen MR) is 69.6 cm³/mol. The van der Waals surface area contributed by atoms with Gasteiger partial charge in [-0.25, -0.2) is 9.78 Å². The van der Waals surface area contributed by atoms with Crippen LogP contribution in [0.1, 0.15) is 60.8 Å². The standard InChI is InChI=1S/C14H26O4/c1-12(2,3)15-17-14(10-8-7-9-11-14)18-16-13(4,5)6/h8,10H,7,9,11H2,1-6H3. The molecule has 0 amide bonds. The Bertz CT molecular complexity index is 265. The second kappa shape index (κ2) is 5.70. The zero-order valence-electron chi connectivity index (χ0n) is 12.4. The van der Waals surface area contributed by atoms with Gasteiger partial charge in [0.2, 0.25) is 0 Å². The Hall–Kier alpha value is -0.420. The summed E-state index contributed by atoms with van der Waals surface area (Å²) in [7, 11) is 0. The number of rotatable bonds is 4. The van der Waals surface area contributed by atoms with E-state index in [-0.39, 0.29) is 11.2 Å². The van der Waals surface area contributed by atoms with Gasteiger partial charge < -0.3 is 0 Å². The molecule has 0 aromatic heterocycles. The first-order valence-corrected chi connectivity index (χ1v) is 6.53. The highest BCUT2D eigenvalue weighted by Gasteiger charge is 2.37. The van der Waals surface area contributed by atoms with Gasteiger partial charge in [0.05, 0.1) is 11.2 Å². The molecular formula is C14H26O4. The van der Waals surface area contributed by atoms with Gasteiger partial charge in [-0.05, 0) is 60.5 Å². The van der Waals surface area contributed by atoms with Gasteiger partial charge in [0.15, 0.2) is 0 Å². The van der Waals surface area contributed by atoms with Crippen LogP contribution in [0.15, 0.2) is 12.2 Å². The van der Waals surface area contributed by atoms with Gasteiger partial charge in [-0.1, -0.05) is 6.08 Å². The Morgan fingerprint density at radius 3 is 1.72 bits per heavy atom. The van der Waals surface area contributed by atoms with Crippen LogP contribution in [-0.4, -0.2) is 17.0 Å². The van der Waals surface area contributed by atoms with Crippen molar-refractivity contribution in [1.29, 1.82) is 0 Å². The molecule has 18 heavy (non-hydrogen) atoms. The molecule has 0 N–H and O–H groups in total. The van der Waals surface area contributed by atoms with Crippen molar-refractivity contribution in [2.45, 2.75) is 77.8 Å². The van der Waals surface area contributed by atoms with Crippen LogP contribution in [0.3, 0.4) is 0 Å². The third kappa shape index (κ3) is 5.96. The monoisotopic (exact) mass is 258 g/mol. The molecule has 0 saturated heterocycles. The lowest BCUT2D eigenvalue weighted by molar-refractivity contribution is -0.528. The lowest BCUT2D eigenvalue weighted by Gasteiger charge is -2.34. The van der Waals surface area contributed by atoms with E-state index in [0.29, 0.717) is 0 Å². The minimum absolute atomic E-state index is 0.386. The van der Waals surface area contributed by atoms with Crippen LogP contribution < -0.4 is 0 Å². The van der Waals surface area contributed by atoms with Gasteiger partial charge in [-0.15, -0.1) is 0 Å². The van der Waals surface area contributed by atoms with Crippen LogP contribution >= 0.6 is 0 Å². The van der Waals surface area contributed by atoms with Crippen molar-refractivity contribution in [3.8, 4) is 0 Å². The molecule has 0 fully saturated rings. The van der Waals surface area contributed by atoms with Crippen LogP contribution in [0.2, 0.25) is 0 Å². The lowest BCUT2D eigenvalue weighted by atomic mass is 10.0. The summed E-state index contributed by atoms with van der Waals surface area (Å²) in [6.07, 6.45) is 6.63. The summed E-state index contributed by atoms with van der Waals surface area (Å²) < 4.78 is 0. The van der Waals surface area contributed by atoms with E-state index in [2.05, 4.69) is 0 Å². The fourth-order valence-electron chi connectivity index (χ4n) is 1.36. The number of hydrogen-bond donors (Lipinski definition) is 0. The van der Waals surface area contributed by atoms with E-state index in [1.165, 1.54) is 0 Å². The molecule has 1 rings (SSSR count). The van der Waals surface area contributed by atoms with E-state index in [1.54, 1.807) is 0 Å². The van der Waals surface area contributed by atoms with E-state index in [1.807, 2.05) is 53.7 Å². The zero-order valence-corrected chi connectivity index (χ0v) is 12.4. The fraction of sp³-hybridized carbons (Fsp3) is 0.857. The van der Waals surface area contributed by atoms with Crippen LogP contribution in [-0.2, 0) is 19.6 Å². The Labute approximate surface area is 110 Å². The minimum atomic E-state index is -0.932. The molecule has 0 radical (unpaired) electrons.